The fourth-order valence-electron chi connectivity index (χ4n) is 1.63. The Bertz CT molecular complexity index is 320. The molecule has 0 radical (unpaired) electrons. The maximum Gasteiger partial charge on any atom is 0.410 e. The van der Waals surface area contributed by atoms with Crippen molar-refractivity contribution in [1.29, 1.82) is 0 Å². The summed E-state index contributed by atoms with van der Waals surface area (Å²) in [7, 11) is 0. The van der Waals surface area contributed by atoms with E-state index in [1.807, 2.05) is 26.8 Å². The van der Waals surface area contributed by atoms with Crippen molar-refractivity contribution in [2.45, 2.75) is 32.8 Å². The van der Waals surface area contributed by atoms with Gasteiger partial charge in [0.25, 0.3) is 0 Å². The van der Waals surface area contributed by atoms with Crippen LogP contribution in [0.2, 0.25) is 0 Å². The molecule has 0 spiro atoms. The SMILES string of the molecule is C#C/C=C/C1CCN(C(=O)OC(C)(C)C)C1. The van der Waals surface area contributed by atoms with Crippen LogP contribution in [0, 0.1) is 18.3 Å². The monoisotopic (exact) mass is 221 g/mol. The van der Waals surface area contributed by atoms with Crippen LogP contribution in [0.3, 0.4) is 0 Å². The zero-order chi connectivity index (χ0) is 12.2. The van der Waals surface area contributed by atoms with Crippen LogP contribution in [-0.4, -0.2) is 29.7 Å². The molecule has 0 aliphatic carbocycles. The van der Waals surface area contributed by atoms with E-state index in [0.29, 0.717) is 12.5 Å². The number of amides is 1. The van der Waals surface area contributed by atoms with E-state index in [1.54, 1.807) is 11.0 Å². The molecule has 0 bridgehead atoms. The van der Waals surface area contributed by atoms with Crippen molar-refractivity contribution in [3.8, 4) is 12.3 Å². The summed E-state index contributed by atoms with van der Waals surface area (Å²) in [5.74, 6) is 2.83. The van der Waals surface area contributed by atoms with Crippen LogP contribution in [0.5, 0.6) is 0 Å². The van der Waals surface area contributed by atoms with Crippen LogP contribution in [0.4, 0.5) is 4.79 Å². The highest BCUT2D eigenvalue weighted by Gasteiger charge is 2.28. The lowest BCUT2D eigenvalue weighted by Crippen LogP contribution is -2.35. The molecular formula is C13H19NO2. The minimum absolute atomic E-state index is 0.232. The van der Waals surface area contributed by atoms with E-state index in [4.69, 9.17) is 11.2 Å². The number of terminal acetylenes is 1. The first-order valence-electron chi connectivity index (χ1n) is 5.53. The van der Waals surface area contributed by atoms with Gasteiger partial charge in [-0.2, -0.15) is 0 Å². The molecule has 1 unspecified atom stereocenters. The number of likely N-dealkylation sites (tertiary alicyclic amines) is 1. The van der Waals surface area contributed by atoms with Crippen molar-refractivity contribution in [3.63, 3.8) is 0 Å². The van der Waals surface area contributed by atoms with E-state index in [9.17, 15) is 4.79 Å². The van der Waals surface area contributed by atoms with E-state index in [1.165, 1.54) is 0 Å². The Kier molecular flexibility index (Phi) is 4.00. The molecule has 1 heterocycles. The van der Waals surface area contributed by atoms with Crippen LogP contribution in [0.25, 0.3) is 0 Å². The Morgan fingerprint density at radius 2 is 2.25 bits per heavy atom. The summed E-state index contributed by atoms with van der Waals surface area (Å²) in [6, 6.07) is 0. The smallest absolute Gasteiger partial charge is 0.410 e. The lowest BCUT2D eigenvalue weighted by molar-refractivity contribution is 0.0291. The molecular weight excluding hydrogens is 202 g/mol. The highest BCUT2D eigenvalue weighted by Crippen LogP contribution is 2.20. The van der Waals surface area contributed by atoms with Crippen molar-refractivity contribution < 1.29 is 9.53 Å². The molecule has 16 heavy (non-hydrogen) atoms. The predicted octanol–water partition coefficient (Wildman–Crippen LogP) is 2.43. The number of hydrogen-bond donors (Lipinski definition) is 0. The number of carbonyl (C=O) groups is 1. The molecule has 1 atom stereocenters. The minimum Gasteiger partial charge on any atom is -0.444 e. The highest BCUT2D eigenvalue weighted by molar-refractivity contribution is 5.68. The molecule has 3 heteroatoms. The molecule has 1 amide bonds. The topological polar surface area (TPSA) is 29.5 Å². The van der Waals surface area contributed by atoms with Crippen LogP contribution in [0.15, 0.2) is 12.2 Å². The molecule has 1 aliphatic heterocycles. The van der Waals surface area contributed by atoms with E-state index in [0.717, 1.165) is 13.0 Å². The van der Waals surface area contributed by atoms with Gasteiger partial charge in [-0.1, -0.05) is 12.0 Å². The maximum absolute atomic E-state index is 11.7. The quantitative estimate of drug-likeness (QED) is 0.636. The van der Waals surface area contributed by atoms with Crippen molar-refractivity contribution in [2.75, 3.05) is 13.1 Å². The van der Waals surface area contributed by atoms with Gasteiger partial charge < -0.3 is 9.64 Å². The number of allylic oxidation sites excluding steroid dienone is 1. The fourth-order valence-corrected chi connectivity index (χ4v) is 1.63. The molecule has 0 N–H and O–H groups in total. The summed E-state index contributed by atoms with van der Waals surface area (Å²) >= 11 is 0. The van der Waals surface area contributed by atoms with Gasteiger partial charge in [0.05, 0.1) is 0 Å². The Hall–Kier alpha value is -1.43. The van der Waals surface area contributed by atoms with Crippen LogP contribution < -0.4 is 0 Å². The predicted molar refractivity (Wildman–Crippen MR) is 63.9 cm³/mol. The maximum atomic E-state index is 11.7. The molecule has 0 aromatic rings. The molecule has 88 valence electrons. The Labute approximate surface area is 97.5 Å². The van der Waals surface area contributed by atoms with Gasteiger partial charge >= 0.3 is 6.09 Å². The van der Waals surface area contributed by atoms with Crippen LogP contribution >= 0.6 is 0 Å². The Balaban J connectivity index is 2.45. The van der Waals surface area contributed by atoms with Crippen molar-refractivity contribution in [2.24, 2.45) is 5.92 Å². The fraction of sp³-hybridized carbons (Fsp3) is 0.615. The molecule has 1 saturated heterocycles. The first-order chi connectivity index (χ1) is 7.42. The van der Waals surface area contributed by atoms with Crippen LogP contribution in [-0.2, 0) is 4.74 Å². The van der Waals surface area contributed by atoms with Gasteiger partial charge in [-0.05, 0) is 39.2 Å². The summed E-state index contributed by atoms with van der Waals surface area (Å²) in [4.78, 5) is 13.5. The van der Waals surface area contributed by atoms with Gasteiger partial charge in [0.15, 0.2) is 0 Å². The van der Waals surface area contributed by atoms with Gasteiger partial charge in [-0.3, -0.25) is 0 Å². The Morgan fingerprint density at radius 1 is 1.56 bits per heavy atom. The third-order valence-electron chi connectivity index (χ3n) is 2.34. The third-order valence-corrected chi connectivity index (χ3v) is 2.34. The standard InChI is InChI=1S/C13H19NO2/c1-5-6-7-11-8-9-14(10-11)12(15)16-13(2,3)4/h1,6-7,11H,8-10H2,2-4H3/b7-6+. The molecule has 3 nitrogen and oxygen atoms in total. The second kappa shape index (κ2) is 5.07. The number of hydrogen-bond acceptors (Lipinski definition) is 2. The van der Waals surface area contributed by atoms with Gasteiger partial charge in [0.2, 0.25) is 0 Å². The van der Waals surface area contributed by atoms with Crippen molar-refractivity contribution in [1.82, 2.24) is 4.90 Å². The molecule has 0 aromatic carbocycles. The first-order valence-corrected chi connectivity index (χ1v) is 5.53. The lowest BCUT2D eigenvalue weighted by Gasteiger charge is -2.24. The Morgan fingerprint density at radius 3 is 2.81 bits per heavy atom. The zero-order valence-electron chi connectivity index (χ0n) is 10.2. The van der Waals surface area contributed by atoms with E-state index in [-0.39, 0.29) is 6.09 Å². The number of carbonyl (C=O) groups excluding carboxylic acids is 1. The van der Waals surface area contributed by atoms with Gasteiger partial charge in [0.1, 0.15) is 5.60 Å². The summed E-state index contributed by atoms with van der Waals surface area (Å²) < 4.78 is 5.30. The summed E-state index contributed by atoms with van der Waals surface area (Å²) in [6.07, 6.45) is 9.54. The summed E-state index contributed by atoms with van der Waals surface area (Å²) in [5, 5.41) is 0. The highest BCUT2D eigenvalue weighted by atomic mass is 16.6. The third kappa shape index (κ3) is 3.98. The first kappa shape index (κ1) is 12.6. The second-order valence-corrected chi connectivity index (χ2v) is 5.00. The number of nitrogens with zero attached hydrogens (tertiary/aromatic N) is 1. The van der Waals surface area contributed by atoms with E-state index >= 15 is 0 Å². The molecule has 0 aromatic heterocycles. The van der Waals surface area contributed by atoms with Gasteiger partial charge in [-0.25, -0.2) is 4.79 Å². The second-order valence-electron chi connectivity index (χ2n) is 5.00. The van der Waals surface area contributed by atoms with Crippen molar-refractivity contribution >= 4 is 6.09 Å². The molecule has 1 aliphatic rings. The zero-order valence-corrected chi connectivity index (χ0v) is 10.2. The van der Waals surface area contributed by atoms with Crippen LogP contribution in [0.1, 0.15) is 27.2 Å². The molecule has 0 saturated carbocycles. The normalized spacial score (nSPS) is 21.1. The molecule has 1 fully saturated rings. The van der Waals surface area contributed by atoms with Gasteiger partial charge in [0, 0.05) is 13.1 Å². The largest absolute Gasteiger partial charge is 0.444 e. The average Bonchev–Trinajstić information content (AvgIpc) is 2.60. The van der Waals surface area contributed by atoms with Gasteiger partial charge in [-0.15, -0.1) is 6.42 Å². The minimum atomic E-state index is -0.427. The average molecular weight is 221 g/mol. The summed E-state index contributed by atoms with van der Waals surface area (Å²) in [6.45, 7) is 7.06. The van der Waals surface area contributed by atoms with E-state index < -0.39 is 5.60 Å². The van der Waals surface area contributed by atoms with E-state index in [2.05, 4.69) is 5.92 Å². The molecule has 1 rings (SSSR count). The lowest BCUT2D eigenvalue weighted by atomic mass is 10.1. The number of ether oxygens (including phenoxy) is 1. The number of rotatable bonds is 1. The van der Waals surface area contributed by atoms with Crippen molar-refractivity contribution in [3.05, 3.63) is 12.2 Å². The summed E-state index contributed by atoms with van der Waals surface area (Å²) in [5.41, 5.74) is -0.427.